The second-order valence-corrected chi connectivity index (χ2v) is 14.8. The fraction of sp³-hybridized carbons (Fsp3) is 0.462. The normalized spacial score (nSPS) is 18.0. The molecule has 2 atom stereocenters. The molecule has 7 nitrogen and oxygen atoms in total. The minimum Gasteiger partial charge on any atom is -0.352 e. The lowest BCUT2D eigenvalue weighted by molar-refractivity contribution is -0.129. The van der Waals surface area contributed by atoms with Crippen LogP contribution < -0.4 is 10.6 Å². The van der Waals surface area contributed by atoms with Crippen molar-refractivity contribution in [2.45, 2.75) is 62.2 Å². The van der Waals surface area contributed by atoms with Crippen molar-refractivity contribution in [3.05, 3.63) is 51.1 Å². The van der Waals surface area contributed by atoms with Crippen LogP contribution in [0, 0.1) is 5.92 Å². The summed E-state index contributed by atoms with van der Waals surface area (Å²) in [7, 11) is -3.58. The van der Waals surface area contributed by atoms with Crippen LogP contribution in [0.15, 0.2) is 50.5 Å². The Labute approximate surface area is 234 Å². The van der Waals surface area contributed by atoms with E-state index in [0.717, 1.165) is 15.0 Å². The van der Waals surface area contributed by atoms with Gasteiger partial charge in [-0.05, 0) is 76.5 Å². The summed E-state index contributed by atoms with van der Waals surface area (Å²) in [6, 6.07) is 11.0. The highest BCUT2D eigenvalue weighted by Gasteiger charge is 2.31. The molecule has 0 aliphatic carbocycles. The molecule has 0 bridgehead atoms. The van der Waals surface area contributed by atoms with Crippen molar-refractivity contribution in [2.75, 3.05) is 13.1 Å². The van der Waals surface area contributed by atoms with Crippen molar-refractivity contribution in [3.8, 4) is 0 Å². The molecular formula is C26H32BrN3O4S3. The third-order valence-electron chi connectivity index (χ3n) is 6.36. The van der Waals surface area contributed by atoms with Crippen LogP contribution in [0.2, 0.25) is 0 Å². The number of amides is 2. The highest BCUT2D eigenvalue weighted by molar-refractivity contribution is 9.10. The van der Waals surface area contributed by atoms with Crippen LogP contribution >= 0.6 is 38.6 Å². The number of nitrogens with one attached hydrogen (secondary N) is 2. The lowest BCUT2D eigenvalue weighted by Crippen LogP contribution is -2.50. The summed E-state index contributed by atoms with van der Waals surface area (Å²) in [5.74, 6) is -0.160. The van der Waals surface area contributed by atoms with E-state index in [1.807, 2.05) is 44.2 Å². The van der Waals surface area contributed by atoms with E-state index < -0.39 is 16.1 Å². The monoisotopic (exact) mass is 625 g/mol. The highest BCUT2D eigenvalue weighted by Crippen LogP contribution is 2.31. The molecule has 1 aliphatic rings. The second kappa shape index (κ2) is 12.4. The largest absolute Gasteiger partial charge is 0.352 e. The minimum absolute atomic E-state index is 0.145. The lowest BCUT2D eigenvalue weighted by atomic mass is 10.0. The van der Waals surface area contributed by atoms with E-state index in [2.05, 4.69) is 26.6 Å². The van der Waals surface area contributed by atoms with Crippen molar-refractivity contribution in [3.63, 3.8) is 0 Å². The fourth-order valence-electron chi connectivity index (χ4n) is 4.57. The number of hydrogen-bond acceptors (Lipinski definition) is 6. The zero-order valence-corrected chi connectivity index (χ0v) is 24.9. The van der Waals surface area contributed by atoms with Crippen molar-refractivity contribution in [1.82, 2.24) is 14.9 Å². The van der Waals surface area contributed by atoms with Gasteiger partial charge in [0, 0.05) is 33.2 Å². The van der Waals surface area contributed by atoms with E-state index >= 15 is 0 Å². The summed E-state index contributed by atoms with van der Waals surface area (Å²) < 4.78 is 29.7. The fourth-order valence-corrected chi connectivity index (χ4v) is 9.57. The molecule has 3 aromatic rings. The first kappa shape index (κ1) is 28.2. The predicted octanol–water partition coefficient (Wildman–Crippen LogP) is 5.16. The Bertz CT molecular complexity index is 1320. The van der Waals surface area contributed by atoms with Crippen LogP contribution in [0.25, 0.3) is 10.1 Å². The molecule has 11 heteroatoms. The van der Waals surface area contributed by atoms with Gasteiger partial charge in [-0.25, -0.2) is 8.42 Å². The number of sulfonamides is 1. The molecule has 1 fully saturated rings. The van der Waals surface area contributed by atoms with E-state index in [1.54, 1.807) is 22.8 Å². The van der Waals surface area contributed by atoms with Crippen LogP contribution in [-0.2, 0) is 26.0 Å². The van der Waals surface area contributed by atoms with Crippen LogP contribution in [0.1, 0.15) is 44.4 Å². The van der Waals surface area contributed by atoms with Gasteiger partial charge < -0.3 is 10.6 Å². The molecule has 37 heavy (non-hydrogen) atoms. The van der Waals surface area contributed by atoms with Gasteiger partial charge in [0.1, 0.15) is 10.3 Å². The van der Waals surface area contributed by atoms with Crippen molar-refractivity contribution < 1.29 is 18.0 Å². The third kappa shape index (κ3) is 7.20. The van der Waals surface area contributed by atoms with Gasteiger partial charge in [-0.3, -0.25) is 9.59 Å². The predicted molar refractivity (Wildman–Crippen MR) is 153 cm³/mol. The number of nitrogens with zero attached hydrogens (tertiary/aromatic N) is 1. The van der Waals surface area contributed by atoms with Crippen molar-refractivity contribution >= 4 is 70.5 Å². The maximum Gasteiger partial charge on any atom is 0.253 e. The van der Waals surface area contributed by atoms with E-state index in [0.29, 0.717) is 47.5 Å². The van der Waals surface area contributed by atoms with Gasteiger partial charge in [-0.1, -0.05) is 32.0 Å². The molecular weight excluding hydrogens is 594 g/mol. The number of halogens is 1. The smallest absolute Gasteiger partial charge is 0.253 e. The number of fused-ring (bicyclic) bond motifs is 1. The van der Waals surface area contributed by atoms with Gasteiger partial charge in [0.2, 0.25) is 11.8 Å². The highest BCUT2D eigenvalue weighted by atomic mass is 79.9. The Balaban J connectivity index is 1.36. The van der Waals surface area contributed by atoms with E-state index in [1.165, 1.54) is 15.6 Å². The zero-order valence-electron chi connectivity index (χ0n) is 20.9. The molecule has 4 rings (SSSR count). The molecule has 2 amide bonds. The van der Waals surface area contributed by atoms with E-state index in [4.69, 9.17) is 0 Å². The molecule has 0 spiro atoms. The SMILES string of the molecule is CC(C)C[C@H](NC(=O)Cc1cc2ccccc2s1)C(=O)N[C@@H]1CCCN(S(=O)(=O)c2sccc2Br)CC1. The summed E-state index contributed by atoms with van der Waals surface area (Å²) in [6.45, 7) is 4.80. The minimum atomic E-state index is -3.58. The Morgan fingerprint density at radius 2 is 1.95 bits per heavy atom. The van der Waals surface area contributed by atoms with Gasteiger partial charge >= 0.3 is 0 Å². The number of benzene rings is 1. The third-order valence-corrected chi connectivity index (χ3v) is 12.0. The first-order chi connectivity index (χ1) is 17.6. The topological polar surface area (TPSA) is 95.6 Å². The first-order valence-electron chi connectivity index (χ1n) is 12.4. The van der Waals surface area contributed by atoms with Crippen LogP contribution in [0.5, 0.6) is 0 Å². The van der Waals surface area contributed by atoms with Gasteiger partial charge in [0.25, 0.3) is 10.0 Å². The Morgan fingerprint density at radius 3 is 2.65 bits per heavy atom. The summed E-state index contributed by atoms with van der Waals surface area (Å²) in [5, 5.41) is 8.91. The van der Waals surface area contributed by atoms with Crippen LogP contribution in [0.3, 0.4) is 0 Å². The standard InChI is InChI=1S/C26H32BrN3O4S3/c1-17(2)14-22(29-24(31)16-20-15-18-6-3-4-8-23(18)36-20)25(32)28-19-7-5-11-30(12-9-19)37(33,34)26-21(27)10-13-35-26/h3-4,6,8,10,13,15,17,19,22H,5,7,9,11-12,14,16H2,1-2H3,(H,28,32)(H,29,31)/t19-,22+/m1/s1. The van der Waals surface area contributed by atoms with Gasteiger partial charge in [-0.2, -0.15) is 4.31 Å². The quantitative estimate of drug-likeness (QED) is 0.343. The first-order valence-corrected chi connectivity index (χ1v) is 16.4. The van der Waals surface area contributed by atoms with E-state index in [-0.39, 0.29) is 30.2 Å². The van der Waals surface area contributed by atoms with Gasteiger partial charge in [-0.15, -0.1) is 22.7 Å². The average Bonchev–Trinajstić information content (AvgIpc) is 3.37. The van der Waals surface area contributed by atoms with Gasteiger partial charge in [0.05, 0.1) is 6.42 Å². The van der Waals surface area contributed by atoms with Crippen LogP contribution in [-0.4, -0.2) is 49.7 Å². The molecule has 2 aromatic heterocycles. The molecule has 1 saturated heterocycles. The molecule has 200 valence electrons. The average molecular weight is 627 g/mol. The molecule has 3 heterocycles. The van der Waals surface area contributed by atoms with Crippen molar-refractivity contribution in [1.29, 1.82) is 0 Å². The second-order valence-electron chi connectivity index (χ2n) is 9.77. The number of carbonyl (C=O) groups is 2. The molecule has 0 unspecified atom stereocenters. The number of thiophene rings is 2. The van der Waals surface area contributed by atoms with Gasteiger partial charge in [0.15, 0.2) is 0 Å². The molecule has 0 radical (unpaired) electrons. The Kier molecular flexibility index (Phi) is 9.44. The summed E-state index contributed by atoms with van der Waals surface area (Å²) in [6.07, 6.45) is 2.63. The maximum absolute atomic E-state index is 13.2. The number of rotatable bonds is 9. The zero-order chi connectivity index (χ0) is 26.6. The van der Waals surface area contributed by atoms with Crippen molar-refractivity contribution in [2.24, 2.45) is 5.92 Å². The van der Waals surface area contributed by atoms with E-state index in [9.17, 15) is 18.0 Å². The number of carbonyl (C=O) groups excluding carboxylic acids is 2. The Morgan fingerprint density at radius 1 is 1.16 bits per heavy atom. The molecule has 1 aromatic carbocycles. The summed E-state index contributed by atoms with van der Waals surface area (Å²) in [4.78, 5) is 27.1. The summed E-state index contributed by atoms with van der Waals surface area (Å²) in [5.41, 5.74) is 0. The lowest BCUT2D eigenvalue weighted by Gasteiger charge is -2.24. The molecule has 2 N–H and O–H groups in total. The maximum atomic E-state index is 13.2. The molecule has 0 saturated carbocycles. The number of hydrogen-bond donors (Lipinski definition) is 2. The Hall–Kier alpha value is -1.79. The summed E-state index contributed by atoms with van der Waals surface area (Å²) >= 11 is 6.12. The van der Waals surface area contributed by atoms with Crippen LogP contribution in [0.4, 0.5) is 0 Å². The molecule has 1 aliphatic heterocycles.